The summed E-state index contributed by atoms with van der Waals surface area (Å²) in [4.78, 5) is 23.4. The standard InChI is InChI=1S/C11H11N3O5S/c15-11-12-9-5-20(18,19)6-10(9)13(11)7-2-1-3-8(4-7)14(16)17/h1-4,9-10H,5-6H2,(H,12,15)/t9-,10-/m0/s1. The topological polar surface area (TPSA) is 110 Å². The van der Waals surface area contributed by atoms with Gasteiger partial charge >= 0.3 is 6.03 Å². The molecule has 9 heteroatoms. The summed E-state index contributed by atoms with van der Waals surface area (Å²) in [7, 11) is -3.19. The van der Waals surface area contributed by atoms with Gasteiger partial charge in [0.1, 0.15) is 0 Å². The van der Waals surface area contributed by atoms with Gasteiger partial charge in [-0.15, -0.1) is 0 Å². The van der Waals surface area contributed by atoms with Crippen LogP contribution in [0.5, 0.6) is 0 Å². The first-order chi connectivity index (χ1) is 9.37. The molecular formula is C11H11N3O5S. The van der Waals surface area contributed by atoms with Gasteiger partial charge in [0.15, 0.2) is 9.84 Å². The van der Waals surface area contributed by atoms with Crippen molar-refractivity contribution in [3.8, 4) is 0 Å². The number of benzene rings is 1. The first-order valence-corrected chi connectivity index (χ1v) is 7.74. The lowest BCUT2D eigenvalue weighted by Gasteiger charge is -2.20. The van der Waals surface area contributed by atoms with Gasteiger partial charge in [-0.1, -0.05) is 6.07 Å². The van der Waals surface area contributed by atoms with Gasteiger partial charge in [-0.05, 0) is 6.07 Å². The Morgan fingerprint density at radius 2 is 2.10 bits per heavy atom. The van der Waals surface area contributed by atoms with Crippen LogP contribution in [0, 0.1) is 10.1 Å². The quantitative estimate of drug-likeness (QED) is 0.479. The van der Waals surface area contributed by atoms with Gasteiger partial charge in [-0.2, -0.15) is 0 Å². The van der Waals surface area contributed by atoms with Gasteiger partial charge in [0.05, 0.1) is 34.2 Å². The summed E-state index contributed by atoms with van der Waals surface area (Å²) in [5.74, 6) is -0.214. The number of non-ortho nitro benzene ring substituents is 1. The number of carbonyl (C=O) groups excluding carboxylic acids is 1. The van der Waals surface area contributed by atoms with Crippen molar-refractivity contribution < 1.29 is 18.1 Å². The van der Waals surface area contributed by atoms with E-state index in [4.69, 9.17) is 0 Å². The first kappa shape index (κ1) is 12.9. The van der Waals surface area contributed by atoms with E-state index >= 15 is 0 Å². The van der Waals surface area contributed by atoms with Crippen LogP contribution >= 0.6 is 0 Å². The molecule has 2 saturated heterocycles. The highest BCUT2D eigenvalue weighted by Crippen LogP contribution is 2.31. The molecule has 106 valence electrons. The van der Waals surface area contributed by atoms with Gasteiger partial charge < -0.3 is 5.32 Å². The second-order valence-electron chi connectivity index (χ2n) is 4.85. The Kier molecular flexibility index (Phi) is 2.68. The fourth-order valence-electron chi connectivity index (χ4n) is 2.67. The normalized spacial score (nSPS) is 27.2. The second kappa shape index (κ2) is 4.17. The predicted octanol–water partition coefficient (Wildman–Crippen LogP) is 0.290. The van der Waals surface area contributed by atoms with Crippen LogP contribution in [0.15, 0.2) is 24.3 Å². The molecule has 0 aliphatic carbocycles. The van der Waals surface area contributed by atoms with Crippen LogP contribution in [-0.2, 0) is 9.84 Å². The summed E-state index contributed by atoms with van der Waals surface area (Å²) < 4.78 is 23.2. The van der Waals surface area contributed by atoms with E-state index in [1.54, 1.807) is 6.07 Å². The molecule has 20 heavy (non-hydrogen) atoms. The molecule has 0 spiro atoms. The molecule has 0 aromatic heterocycles. The number of nitro benzene ring substituents is 1. The van der Waals surface area contributed by atoms with E-state index in [2.05, 4.69) is 5.32 Å². The zero-order chi connectivity index (χ0) is 14.5. The van der Waals surface area contributed by atoms with E-state index in [0.717, 1.165) is 0 Å². The minimum atomic E-state index is -3.19. The number of anilines is 1. The molecule has 2 aliphatic rings. The van der Waals surface area contributed by atoms with Gasteiger partial charge in [-0.3, -0.25) is 15.0 Å². The number of carbonyl (C=O) groups is 1. The van der Waals surface area contributed by atoms with E-state index in [1.165, 1.54) is 23.1 Å². The largest absolute Gasteiger partial charge is 0.332 e. The molecule has 1 N–H and O–H groups in total. The number of amides is 2. The van der Waals surface area contributed by atoms with E-state index < -0.39 is 32.9 Å². The maximum absolute atomic E-state index is 11.9. The van der Waals surface area contributed by atoms with Gasteiger partial charge in [0, 0.05) is 12.1 Å². The van der Waals surface area contributed by atoms with Gasteiger partial charge in [0.2, 0.25) is 0 Å². The molecule has 2 atom stereocenters. The molecule has 0 radical (unpaired) electrons. The van der Waals surface area contributed by atoms with Gasteiger partial charge in [0.25, 0.3) is 5.69 Å². The van der Waals surface area contributed by atoms with Crippen LogP contribution < -0.4 is 10.2 Å². The van der Waals surface area contributed by atoms with Crippen molar-refractivity contribution in [2.45, 2.75) is 12.1 Å². The zero-order valence-corrected chi connectivity index (χ0v) is 11.0. The predicted molar refractivity (Wildman–Crippen MR) is 70.3 cm³/mol. The van der Waals surface area contributed by atoms with Crippen molar-refractivity contribution in [2.24, 2.45) is 0 Å². The zero-order valence-electron chi connectivity index (χ0n) is 10.2. The molecule has 2 amide bonds. The van der Waals surface area contributed by atoms with Crippen LogP contribution in [0.1, 0.15) is 0 Å². The monoisotopic (exact) mass is 297 g/mol. The summed E-state index contributed by atoms with van der Waals surface area (Å²) in [5, 5.41) is 13.4. The lowest BCUT2D eigenvalue weighted by Crippen LogP contribution is -2.36. The molecule has 1 aromatic rings. The SMILES string of the molecule is O=C1N[C@H]2CS(=O)(=O)C[C@@H]2N1c1cccc([N+](=O)[O-])c1. The molecule has 2 fully saturated rings. The Hall–Kier alpha value is -2.16. The number of nitrogens with one attached hydrogen (secondary N) is 1. The molecule has 0 saturated carbocycles. The number of nitrogens with zero attached hydrogens (tertiary/aromatic N) is 2. The maximum Gasteiger partial charge on any atom is 0.322 e. The number of urea groups is 1. The summed E-state index contributed by atoms with van der Waals surface area (Å²) >= 11 is 0. The molecule has 0 unspecified atom stereocenters. The number of sulfone groups is 1. The lowest BCUT2D eigenvalue weighted by molar-refractivity contribution is -0.384. The lowest BCUT2D eigenvalue weighted by atomic mass is 10.1. The van der Waals surface area contributed by atoms with Crippen molar-refractivity contribution in [1.29, 1.82) is 0 Å². The number of rotatable bonds is 2. The summed E-state index contributed by atoms with van der Waals surface area (Å²) in [6, 6.07) is 4.24. The molecule has 2 heterocycles. The number of fused-ring (bicyclic) bond motifs is 1. The van der Waals surface area contributed by atoms with Gasteiger partial charge in [-0.25, -0.2) is 13.2 Å². The third kappa shape index (κ3) is 1.99. The van der Waals surface area contributed by atoms with Crippen molar-refractivity contribution in [3.63, 3.8) is 0 Å². The van der Waals surface area contributed by atoms with Crippen molar-refractivity contribution >= 4 is 27.2 Å². The number of nitro groups is 1. The highest BCUT2D eigenvalue weighted by atomic mass is 32.2. The Balaban J connectivity index is 1.99. The summed E-state index contributed by atoms with van der Waals surface area (Å²) in [6.45, 7) is 0. The Labute approximate surface area is 114 Å². The fraction of sp³-hybridized carbons (Fsp3) is 0.364. The van der Waals surface area contributed by atoms with E-state index in [-0.39, 0.29) is 17.2 Å². The van der Waals surface area contributed by atoms with Crippen LogP contribution in [0.4, 0.5) is 16.2 Å². The number of hydrogen-bond acceptors (Lipinski definition) is 5. The Bertz CT molecular complexity index is 702. The highest BCUT2D eigenvalue weighted by molar-refractivity contribution is 7.91. The molecule has 1 aromatic carbocycles. The van der Waals surface area contributed by atoms with Crippen LogP contribution in [0.2, 0.25) is 0 Å². The molecule has 0 bridgehead atoms. The highest BCUT2D eigenvalue weighted by Gasteiger charge is 2.49. The molecular weight excluding hydrogens is 286 g/mol. The van der Waals surface area contributed by atoms with Crippen molar-refractivity contribution in [3.05, 3.63) is 34.4 Å². The molecule has 3 rings (SSSR count). The van der Waals surface area contributed by atoms with Crippen molar-refractivity contribution in [1.82, 2.24) is 5.32 Å². The Morgan fingerprint density at radius 1 is 1.35 bits per heavy atom. The average molecular weight is 297 g/mol. The molecule has 2 aliphatic heterocycles. The number of hydrogen-bond donors (Lipinski definition) is 1. The van der Waals surface area contributed by atoms with Crippen molar-refractivity contribution in [2.75, 3.05) is 16.4 Å². The van der Waals surface area contributed by atoms with Crippen LogP contribution in [0.3, 0.4) is 0 Å². The average Bonchev–Trinajstić information content (AvgIpc) is 2.79. The Morgan fingerprint density at radius 3 is 2.80 bits per heavy atom. The second-order valence-corrected chi connectivity index (χ2v) is 7.00. The third-order valence-electron chi connectivity index (χ3n) is 3.50. The summed E-state index contributed by atoms with van der Waals surface area (Å²) in [6.07, 6.45) is 0. The van der Waals surface area contributed by atoms with Crippen LogP contribution in [-0.4, -0.2) is 43.0 Å². The van der Waals surface area contributed by atoms with E-state index in [1.807, 2.05) is 0 Å². The van der Waals surface area contributed by atoms with E-state index in [9.17, 15) is 23.3 Å². The maximum atomic E-state index is 11.9. The minimum absolute atomic E-state index is 0.0885. The fourth-order valence-corrected chi connectivity index (χ4v) is 4.56. The first-order valence-electron chi connectivity index (χ1n) is 5.92. The summed E-state index contributed by atoms with van der Waals surface area (Å²) in [5.41, 5.74) is 0.195. The smallest absolute Gasteiger partial charge is 0.322 e. The molecule has 8 nitrogen and oxygen atoms in total. The van der Waals surface area contributed by atoms with Crippen LogP contribution in [0.25, 0.3) is 0 Å². The third-order valence-corrected chi connectivity index (χ3v) is 5.22. The minimum Gasteiger partial charge on any atom is -0.332 e. The van der Waals surface area contributed by atoms with E-state index in [0.29, 0.717) is 5.69 Å².